The van der Waals surface area contributed by atoms with Gasteiger partial charge in [0.05, 0.1) is 13.2 Å². The second-order valence-corrected chi connectivity index (χ2v) is 5.64. The highest BCUT2D eigenvalue weighted by Gasteiger charge is 2.10. The fraction of sp³-hybridized carbons (Fsp3) is 0.333. The van der Waals surface area contributed by atoms with Gasteiger partial charge in [-0.25, -0.2) is 0 Å². The summed E-state index contributed by atoms with van der Waals surface area (Å²) in [5.74, 6) is 0. The van der Waals surface area contributed by atoms with Crippen molar-refractivity contribution in [3.63, 3.8) is 0 Å². The molecule has 0 bridgehead atoms. The molecule has 4 nitrogen and oxygen atoms in total. The molecule has 1 saturated heterocycles. The van der Waals surface area contributed by atoms with Crippen molar-refractivity contribution in [3.05, 3.63) is 59.7 Å². The molecule has 3 rings (SSSR count). The molecule has 0 amide bonds. The molecule has 2 aromatic rings. The number of nitrogens with two attached hydrogens (primary N) is 1. The van der Waals surface area contributed by atoms with Gasteiger partial charge >= 0.3 is 0 Å². The van der Waals surface area contributed by atoms with Gasteiger partial charge in [0.2, 0.25) is 0 Å². The Kier molecular flexibility index (Phi) is 4.93. The number of nitrogens with zero attached hydrogens (tertiary/aromatic N) is 1. The van der Waals surface area contributed by atoms with E-state index in [1.807, 2.05) is 18.2 Å². The van der Waals surface area contributed by atoms with Crippen molar-refractivity contribution in [2.75, 3.05) is 37.4 Å². The Balaban J connectivity index is 1.54. The SMILES string of the molecule is Nc1ccccc1CNc1ccc(CN2CCOCC2)cc1. The zero-order valence-corrected chi connectivity index (χ0v) is 12.8. The van der Waals surface area contributed by atoms with Crippen molar-refractivity contribution in [2.45, 2.75) is 13.1 Å². The van der Waals surface area contributed by atoms with E-state index >= 15 is 0 Å². The first-order valence-electron chi connectivity index (χ1n) is 7.77. The second kappa shape index (κ2) is 7.29. The number of rotatable bonds is 5. The Morgan fingerprint density at radius 1 is 1.00 bits per heavy atom. The highest BCUT2D eigenvalue weighted by atomic mass is 16.5. The third-order valence-corrected chi connectivity index (χ3v) is 4.00. The molecule has 1 aliphatic rings. The van der Waals surface area contributed by atoms with Crippen LogP contribution >= 0.6 is 0 Å². The predicted molar refractivity (Wildman–Crippen MR) is 90.7 cm³/mol. The molecule has 2 aromatic carbocycles. The van der Waals surface area contributed by atoms with Crippen LogP contribution in [-0.4, -0.2) is 31.2 Å². The third-order valence-electron chi connectivity index (χ3n) is 4.00. The Hall–Kier alpha value is -2.04. The predicted octanol–water partition coefficient (Wildman–Crippen LogP) is 2.71. The van der Waals surface area contributed by atoms with E-state index in [1.165, 1.54) is 5.56 Å². The van der Waals surface area contributed by atoms with E-state index in [0.29, 0.717) is 0 Å². The summed E-state index contributed by atoms with van der Waals surface area (Å²) < 4.78 is 5.38. The Labute approximate surface area is 131 Å². The summed E-state index contributed by atoms with van der Waals surface area (Å²) >= 11 is 0. The number of anilines is 2. The molecule has 0 unspecified atom stereocenters. The topological polar surface area (TPSA) is 50.5 Å². The Morgan fingerprint density at radius 2 is 1.73 bits per heavy atom. The first-order valence-corrected chi connectivity index (χ1v) is 7.77. The van der Waals surface area contributed by atoms with E-state index in [2.05, 4.69) is 40.5 Å². The molecule has 0 atom stereocenters. The molecule has 0 aromatic heterocycles. The molecule has 116 valence electrons. The van der Waals surface area contributed by atoms with Crippen LogP contribution in [0.5, 0.6) is 0 Å². The van der Waals surface area contributed by atoms with Crippen LogP contribution in [0.15, 0.2) is 48.5 Å². The molecular weight excluding hydrogens is 274 g/mol. The van der Waals surface area contributed by atoms with E-state index in [1.54, 1.807) is 0 Å². The molecule has 1 aliphatic heterocycles. The first kappa shape index (κ1) is 14.9. The van der Waals surface area contributed by atoms with Crippen LogP contribution in [0.3, 0.4) is 0 Å². The van der Waals surface area contributed by atoms with Crippen molar-refractivity contribution in [2.24, 2.45) is 0 Å². The number of benzene rings is 2. The van der Waals surface area contributed by atoms with Gasteiger partial charge in [0.1, 0.15) is 0 Å². The molecule has 0 aliphatic carbocycles. The third kappa shape index (κ3) is 4.00. The molecule has 0 saturated carbocycles. The van der Waals surface area contributed by atoms with Gasteiger partial charge < -0.3 is 15.8 Å². The zero-order valence-electron chi connectivity index (χ0n) is 12.8. The van der Waals surface area contributed by atoms with Gasteiger partial charge in [-0.1, -0.05) is 30.3 Å². The highest BCUT2D eigenvalue weighted by molar-refractivity contribution is 5.50. The molecular formula is C18H23N3O. The van der Waals surface area contributed by atoms with E-state index in [-0.39, 0.29) is 0 Å². The van der Waals surface area contributed by atoms with Crippen LogP contribution in [0.4, 0.5) is 11.4 Å². The number of hydrogen-bond donors (Lipinski definition) is 2. The van der Waals surface area contributed by atoms with Gasteiger partial charge in [0, 0.05) is 37.6 Å². The number of ether oxygens (including phenoxy) is 1. The maximum Gasteiger partial charge on any atom is 0.0594 e. The summed E-state index contributed by atoms with van der Waals surface area (Å²) in [6, 6.07) is 16.6. The summed E-state index contributed by atoms with van der Waals surface area (Å²) in [7, 11) is 0. The second-order valence-electron chi connectivity index (χ2n) is 5.64. The summed E-state index contributed by atoms with van der Waals surface area (Å²) in [6.45, 7) is 5.47. The lowest BCUT2D eigenvalue weighted by atomic mass is 10.1. The van der Waals surface area contributed by atoms with Gasteiger partial charge in [-0.05, 0) is 29.3 Å². The fourth-order valence-corrected chi connectivity index (χ4v) is 2.64. The normalized spacial score (nSPS) is 15.6. The molecule has 4 heteroatoms. The fourth-order valence-electron chi connectivity index (χ4n) is 2.64. The largest absolute Gasteiger partial charge is 0.398 e. The lowest BCUT2D eigenvalue weighted by Crippen LogP contribution is -2.35. The lowest BCUT2D eigenvalue weighted by molar-refractivity contribution is 0.0342. The minimum absolute atomic E-state index is 0.746. The van der Waals surface area contributed by atoms with Crippen molar-refractivity contribution in [1.82, 2.24) is 4.90 Å². The first-order chi connectivity index (χ1) is 10.8. The quantitative estimate of drug-likeness (QED) is 0.833. The maximum absolute atomic E-state index is 5.96. The summed E-state index contributed by atoms with van der Waals surface area (Å²) in [5.41, 5.74) is 10.4. The average molecular weight is 297 g/mol. The van der Waals surface area contributed by atoms with Gasteiger partial charge in [0.25, 0.3) is 0 Å². The van der Waals surface area contributed by atoms with E-state index in [0.717, 1.165) is 56.3 Å². The Bertz CT molecular complexity index is 592. The van der Waals surface area contributed by atoms with Crippen molar-refractivity contribution >= 4 is 11.4 Å². The zero-order chi connectivity index (χ0) is 15.2. The smallest absolute Gasteiger partial charge is 0.0594 e. The Morgan fingerprint density at radius 3 is 2.45 bits per heavy atom. The number of hydrogen-bond acceptors (Lipinski definition) is 4. The number of morpholine rings is 1. The van der Waals surface area contributed by atoms with Gasteiger partial charge in [-0.15, -0.1) is 0 Å². The molecule has 0 radical (unpaired) electrons. The lowest BCUT2D eigenvalue weighted by Gasteiger charge is -2.26. The van der Waals surface area contributed by atoms with E-state index < -0.39 is 0 Å². The maximum atomic E-state index is 5.96. The summed E-state index contributed by atoms with van der Waals surface area (Å²) in [5, 5.41) is 3.42. The van der Waals surface area contributed by atoms with Crippen LogP contribution in [0.25, 0.3) is 0 Å². The molecule has 22 heavy (non-hydrogen) atoms. The van der Waals surface area contributed by atoms with Crippen molar-refractivity contribution < 1.29 is 4.74 Å². The monoisotopic (exact) mass is 297 g/mol. The average Bonchev–Trinajstić information content (AvgIpc) is 2.56. The van der Waals surface area contributed by atoms with Gasteiger partial charge in [-0.3, -0.25) is 4.90 Å². The highest BCUT2D eigenvalue weighted by Crippen LogP contribution is 2.16. The molecule has 1 heterocycles. The summed E-state index contributed by atoms with van der Waals surface area (Å²) in [6.07, 6.45) is 0. The van der Waals surface area contributed by atoms with Crippen LogP contribution in [-0.2, 0) is 17.8 Å². The number of para-hydroxylation sites is 1. The van der Waals surface area contributed by atoms with Crippen molar-refractivity contribution in [1.29, 1.82) is 0 Å². The molecule has 0 spiro atoms. The van der Waals surface area contributed by atoms with Gasteiger partial charge in [0.15, 0.2) is 0 Å². The van der Waals surface area contributed by atoms with Crippen LogP contribution in [0.2, 0.25) is 0 Å². The van der Waals surface area contributed by atoms with Crippen molar-refractivity contribution in [3.8, 4) is 0 Å². The molecule has 1 fully saturated rings. The van der Waals surface area contributed by atoms with Crippen LogP contribution in [0.1, 0.15) is 11.1 Å². The van der Waals surface area contributed by atoms with Gasteiger partial charge in [-0.2, -0.15) is 0 Å². The number of nitrogen functional groups attached to an aromatic ring is 1. The minimum atomic E-state index is 0.746. The number of nitrogens with one attached hydrogen (secondary N) is 1. The standard InChI is InChI=1S/C18H23N3O/c19-18-4-2-1-3-16(18)13-20-17-7-5-15(6-8-17)14-21-9-11-22-12-10-21/h1-8,20H,9-14,19H2. The van der Waals surface area contributed by atoms with Crippen LogP contribution in [0, 0.1) is 0 Å². The summed E-state index contributed by atoms with van der Waals surface area (Å²) in [4.78, 5) is 2.43. The molecule has 3 N–H and O–H groups in total. The van der Waals surface area contributed by atoms with Crippen LogP contribution < -0.4 is 11.1 Å². The minimum Gasteiger partial charge on any atom is -0.398 e. The van der Waals surface area contributed by atoms with E-state index in [9.17, 15) is 0 Å². The van der Waals surface area contributed by atoms with E-state index in [4.69, 9.17) is 10.5 Å².